The molecule has 0 N–H and O–H groups in total. The second-order valence-electron chi connectivity index (χ2n) is 7.75. The van der Waals surface area contributed by atoms with Crippen LogP contribution in [0.5, 0.6) is 5.75 Å². The van der Waals surface area contributed by atoms with Gasteiger partial charge in [-0.25, -0.2) is 0 Å². The zero-order chi connectivity index (χ0) is 18.9. The third kappa shape index (κ3) is 5.90. The zero-order valence-electron chi connectivity index (χ0n) is 16.8. The minimum Gasteiger partial charge on any atom is -0.494 e. The molecule has 0 heterocycles. The average molecular weight is 361 g/mol. The Labute approximate surface area is 165 Å². The SMILES string of the molecule is CCCOc1ccc(C#Cc2ccc(C3CCC(CCC)CC3)cc2)cc1. The average Bonchev–Trinajstić information content (AvgIpc) is 2.73. The summed E-state index contributed by atoms with van der Waals surface area (Å²) in [4.78, 5) is 0. The summed E-state index contributed by atoms with van der Waals surface area (Å²) in [5, 5.41) is 0. The molecule has 2 aromatic carbocycles. The fraction of sp³-hybridized carbons (Fsp3) is 0.462. The van der Waals surface area contributed by atoms with Gasteiger partial charge in [0.2, 0.25) is 0 Å². The molecule has 0 spiro atoms. The third-order valence-corrected chi connectivity index (χ3v) is 5.60. The Morgan fingerprint density at radius 1 is 0.778 bits per heavy atom. The highest BCUT2D eigenvalue weighted by Gasteiger charge is 2.21. The number of hydrogen-bond donors (Lipinski definition) is 0. The van der Waals surface area contributed by atoms with Gasteiger partial charge in [-0.2, -0.15) is 0 Å². The molecule has 0 atom stereocenters. The van der Waals surface area contributed by atoms with Gasteiger partial charge in [0.05, 0.1) is 6.61 Å². The van der Waals surface area contributed by atoms with Crippen LogP contribution in [0.3, 0.4) is 0 Å². The van der Waals surface area contributed by atoms with E-state index in [0.717, 1.165) is 41.7 Å². The van der Waals surface area contributed by atoms with E-state index in [9.17, 15) is 0 Å². The van der Waals surface area contributed by atoms with Crippen molar-refractivity contribution in [2.75, 3.05) is 6.61 Å². The minimum atomic E-state index is 0.746. The van der Waals surface area contributed by atoms with Crippen LogP contribution in [0.4, 0.5) is 0 Å². The van der Waals surface area contributed by atoms with Gasteiger partial charge in [0.25, 0.3) is 0 Å². The van der Waals surface area contributed by atoms with E-state index in [0.29, 0.717) is 0 Å². The van der Waals surface area contributed by atoms with Crippen LogP contribution >= 0.6 is 0 Å². The van der Waals surface area contributed by atoms with E-state index in [-0.39, 0.29) is 0 Å². The predicted octanol–water partition coefficient (Wildman–Crippen LogP) is 6.95. The summed E-state index contributed by atoms with van der Waals surface area (Å²) in [5.41, 5.74) is 3.61. The first-order valence-electron chi connectivity index (χ1n) is 10.6. The van der Waals surface area contributed by atoms with Gasteiger partial charge in [0, 0.05) is 11.1 Å². The lowest BCUT2D eigenvalue weighted by molar-refractivity contribution is 0.308. The molecule has 0 bridgehead atoms. The fourth-order valence-corrected chi connectivity index (χ4v) is 4.03. The summed E-state index contributed by atoms with van der Waals surface area (Å²) >= 11 is 0. The maximum absolute atomic E-state index is 5.62. The van der Waals surface area contributed by atoms with Crippen molar-refractivity contribution in [1.29, 1.82) is 0 Å². The molecule has 142 valence electrons. The van der Waals surface area contributed by atoms with Crippen LogP contribution in [0.15, 0.2) is 48.5 Å². The van der Waals surface area contributed by atoms with E-state index in [4.69, 9.17) is 4.74 Å². The normalized spacial score (nSPS) is 19.2. The smallest absolute Gasteiger partial charge is 0.119 e. The van der Waals surface area contributed by atoms with Crippen molar-refractivity contribution in [1.82, 2.24) is 0 Å². The Balaban J connectivity index is 1.56. The lowest BCUT2D eigenvalue weighted by Crippen LogP contribution is -2.13. The highest BCUT2D eigenvalue weighted by atomic mass is 16.5. The van der Waals surface area contributed by atoms with Crippen molar-refractivity contribution >= 4 is 0 Å². The lowest BCUT2D eigenvalue weighted by atomic mass is 9.77. The van der Waals surface area contributed by atoms with Crippen LogP contribution in [0.2, 0.25) is 0 Å². The van der Waals surface area contributed by atoms with E-state index in [2.05, 4.69) is 50.0 Å². The van der Waals surface area contributed by atoms with Crippen molar-refractivity contribution in [2.45, 2.75) is 64.7 Å². The summed E-state index contributed by atoms with van der Waals surface area (Å²) < 4.78 is 5.62. The van der Waals surface area contributed by atoms with Crippen LogP contribution in [-0.4, -0.2) is 6.61 Å². The van der Waals surface area contributed by atoms with Crippen molar-refractivity contribution in [3.63, 3.8) is 0 Å². The van der Waals surface area contributed by atoms with Crippen molar-refractivity contribution < 1.29 is 4.74 Å². The van der Waals surface area contributed by atoms with Gasteiger partial charge in [-0.05, 0) is 85.9 Å². The summed E-state index contributed by atoms with van der Waals surface area (Å²) in [6.45, 7) is 5.18. The first kappa shape index (κ1) is 19.6. The molecule has 1 fully saturated rings. The molecule has 1 saturated carbocycles. The first-order chi connectivity index (χ1) is 13.3. The number of benzene rings is 2. The molecule has 27 heavy (non-hydrogen) atoms. The molecule has 0 radical (unpaired) electrons. The van der Waals surface area contributed by atoms with Crippen LogP contribution in [0, 0.1) is 17.8 Å². The number of rotatable bonds is 6. The molecule has 1 aliphatic rings. The van der Waals surface area contributed by atoms with Crippen LogP contribution in [0.25, 0.3) is 0 Å². The van der Waals surface area contributed by atoms with E-state index in [1.165, 1.54) is 44.1 Å². The van der Waals surface area contributed by atoms with Crippen molar-refractivity contribution in [2.24, 2.45) is 5.92 Å². The topological polar surface area (TPSA) is 9.23 Å². The number of ether oxygens (including phenoxy) is 1. The molecule has 0 aromatic heterocycles. The van der Waals surface area contributed by atoms with Crippen LogP contribution < -0.4 is 4.74 Å². The second-order valence-corrected chi connectivity index (χ2v) is 7.75. The van der Waals surface area contributed by atoms with Gasteiger partial charge in [-0.15, -0.1) is 0 Å². The van der Waals surface area contributed by atoms with Crippen LogP contribution in [0.1, 0.15) is 81.4 Å². The summed E-state index contributed by atoms with van der Waals surface area (Å²) in [6, 6.07) is 17.0. The predicted molar refractivity (Wildman–Crippen MR) is 114 cm³/mol. The second kappa shape index (κ2) is 10.2. The quantitative estimate of drug-likeness (QED) is 0.506. The largest absolute Gasteiger partial charge is 0.494 e. The van der Waals surface area contributed by atoms with E-state index in [1.807, 2.05) is 24.3 Å². The summed E-state index contributed by atoms with van der Waals surface area (Å²) in [7, 11) is 0. The van der Waals surface area contributed by atoms with E-state index < -0.39 is 0 Å². The highest BCUT2D eigenvalue weighted by Crippen LogP contribution is 2.37. The molecule has 2 aromatic rings. The molecular formula is C26H32O. The lowest BCUT2D eigenvalue weighted by Gasteiger charge is -2.28. The molecule has 0 amide bonds. The third-order valence-electron chi connectivity index (χ3n) is 5.60. The van der Waals surface area contributed by atoms with Crippen molar-refractivity contribution in [3.8, 4) is 17.6 Å². The highest BCUT2D eigenvalue weighted by molar-refractivity contribution is 5.45. The van der Waals surface area contributed by atoms with Gasteiger partial charge < -0.3 is 4.74 Å². The summed E-state index contributed by atoms with van der Waals surface area (Å²) in [6.07, 6.45) is 9.27. The Hall–Kier alpha value is -2.20. The summed E-state index contributed by atoms with van der Waals surface area (Å²) in [5.74, 6) is 9.18. The van der Waals surface area contributed by atoms with Crippen LogP contribution in [-0.2, 0) is 0 Å². The Kier molecular flexibility index (Phi) is 7.40. The monoisotopic (exact) mass is 360 g/mol. The molecular weight excluding hydrogens is 328 g/mol. The number of hydrogen-bond acceptors (Lipinski definition) is 1. The zero-order valence-corrected chi connectivity index (χ0v) is 16.8. The molecule has 1 heteroatoms. The first-order valence-corrected chi connectivity index (χ1v) is 10.6. The maximum Gasteiger partial charge on any atom is 0.119 e. The minimum absolute atomic E-state index is 0.746. The van der Waals surface area contributed by atoms with Crippen molar-refractivity contribution in [3.05, 3.63) is 65.2 Å². The molecule has 1 aliphatic carbocycles. The van der Waals surface area contributed by atoms with Gasteiger partial charge in [-0.3, -0.25) is 0 Å². The van der Waals surface area contributed by atoms with Gasteiger partial charge in [-0.1, -0.05) is 50.7 Å². The standard InChI is InChI=1S/C26H32O/c1-3-5-21-8-14-24(15-9-21)25-16-10-22(11-17-25)6-7-23-12-18-26(19-13-23)27-20-4-2/h10-13,16-19,21,24H,3-5,8-9,14-15,20H2,1-2H3. The van der Waals surface area contributed by atoms with Gasteiger partial charge in [0.15, 0.2) is 0 Å². The van der Waals surface area contributed by atoms with Gasteiger partial charge in [0.1, 0.15) is 5.75 Å². The van der Waals surface area contributed by atoms with Gasteiger partial charge >= 0.3 is 0 Å². The maximum atomic E-state index is 5.62. The Morgan fingerprint density at radius 2 is 1.37 bits per heavy atom. The molecule has 0 unspecified atom stereocenters. The Morgan fingerprint density at radius 3 is 1.93 bits per heavy atom. The van der Waals surface area contributed by atoms with E-state index >= 15 is 0 Å². The van der Waals surface area contributed by atoms with E-state index in [1.54, 1.807) is 0 Å². The molecule has 1 nitrogen and oxygen atoms in total. The Bertz CT molecular complexity index is 738. The fourth-order valence-electron chi connectivity index (χ4n) is 4.03. The molecule has 0 saturated heterocycles. The molecule has 0 aliphatic heterocycles. The molecule has 3 rings (SSSR count).